The van der Waals surface area contributed by atoms with Crippen LogP contribution < -0.4 is 5.72 Å². The molecule has 1 fully saturated rings. The minimum absolute atomic E-state index is 0.261. The van der Waals surface area contributed by atoms with Crippen molar-refractivity contribution < 1.29 is 10.0 Å². The quantitative estimate of drug-likeness (QED) is 0.622. The maximum absolute atomic E-state index is 9.06. The molecule has 0 radical (unpaired) electrons. The van der Waals surface area contributed by atoms with Crippen molar-refractivity contribution in [3.8, 4) is 0 Å². The molecule has 2 rings (SSSR count). The van der Waals surface area contributed by atoms with Crippen molar-refractivity contribution in [2.45, 2.75) is 38.1 Å². The average Bonchev–Trinajstić information content (AvgIpc) is 2.67. The van der Waals surface area contributed by atoms with E-state index in [1.54, 1.807) is 10.9 Å². The van der Waals surface area contributed by atoms with Crippen molar-refractivity contribution in [1.29, 1.82) is 0 Å². The summed E-state index contributed by atoms with van der Waals surface area (Å²) in [5, 5.41) is 25.5. The monoisotopic (exact) mass is 195 g/mol. The Morgan fingerprint density at radius 3 is 2.64 bits per heavy atom. The molecule has 5 nitrogen and oxygen atoms in total. The molecular formula is C8H14BN3O2. The standard InChI is InChI=1S/C8H14BN3O2/c13-9(14)8-11-10-6-12(8)7-4-2-1-3-5-7/h6-7,13-14H,1-5H2. The molecule has 0 saturated heterocycles. The highest BCUT2D eigenvalue weighted by Gasteiger charge is 2.24. The van der Waals surface area contributed by atoms with E-state index in [0.29, 0.717) is 6.04 Å². The van der Waals surface area contributed by atoms with E-state index < -0.39 is 7.12 Å². The molecule has 0 aliphatic heterocycles. The molecule has 1 saturated carbocycles. The Morgan fingerprint density at radius 1 is 1.29 bits per heavy atom. The molecule has 76 valence electrons. The number of hydrogen-bond donors (Lipinski definition) is 2. The molecule has 0 unspecified atom stereocenters. The summed E-state index contributed by atoms with van der Waals surface area (Å²) in [4.78, 5) is 0. The van der Waals surface area contributed by atoms with Gasteiger partial charge in [0, 0.05) is 6.04 Å². The van der Waals surface area contributed by atoms with E-state index >= 15 is 0 Å². The number of nitrogens with zero attached hydrogens (tertiary/aromatic N) is 3. The summed E-state index contributed by atoms with van der Waals surface area (Å²) in [5.74, 6) is 0. The van der Waals surface area contributed by atoms with Crippen LogP contribution in [0.25, 0.3) is 0 Å². The Hall–Kier alpha value is -0.875. The molecule has 0 bridgehead atoms. The maximum atomic E-state index is 9.06. The smallest absolute Gasteiger partial charge is 0.421 e. The van der Waals surface area contributed by atoms with Crippen LogP contribution in [0.1, 0.15) is 38.1 Å². The van der Waals surface area contributed by atoms with Gasteiger partial charge in [-0.15, -0.1) is 10.2 Å². The second-order valence-electron chi connectivity index (χ2n) is 3.76. The SMILES string of the molecule is OB(O)c1nncn1C1CCCCC1. The van der Waals surface area contributed by atoms with Gasteiger partial charge in [-0.1, -0.05) is 19.3 Å². The first-order chi connectivity index (χ1) is 6.79. The average molecular weight is 195 g/mol. The molecule has 0 aromatic carbocycles. The molecule has 1 aliphatic rings. The Balaban J connectivity index is 2.17. The Morgan fingerprint density at radius 2 is 2.00 bits per heavy atom. The van der Waals surface area contributed by atoms with Gasteiger partial charge in [0.05, 0.1) is 0 Å². The molecule has 1 aromatic rings. The minimum atomic E-state index is -1.51. The fraction of sp³-hybridized carbons (Fsp3) is 0.750. The van der Waals surface area contributed by atoms with Gasteiger partial charge in [0.15, 0.2) is 5.72 Å². The van der Waals surface area contributed by atoms with Crippen LogP contribution in [-0.2, 0) is 0 Å². The number of rotatable bonds is 2. The predicted molar refractivity (Wildman–Crippen MR) is 52.0 cm³/mol. The fourth-order valence-electron chi connectivity index (χ4n) is 2.08. The molecule has 6 heteroatoms. The first-order valence-corrected chi connectivity index (χ1v) is 5.04. The zero-order valence-electron chi connectivity index (χ0n) is 8.00. The highest BCUT2D eigenvalue weighted by molar-refractivity contribution is 6.56. The number of hydrogen-bond acceptors (Lipinski definition) is 4. The van der Waals surface area contributed by atoms with Gasteiger partial charge in [0.25, 0.3) is 0 Å². The van der Waals surface area contributed by atoms with Gasteiger partial charge >= 0.3 is 7.12 Å². The Bertz CT molecular complexity index is 297. The van der Waals surface area contributed by atoms with Gasteiger partial charge in [-0.05, 0) is 12.8 Å². The second-order valence-corrected chi connectivity index (χ2v) is 3.76. The molecule has 0 spiro atoms. The molecule has 2 N–H and O–H groups in total. The molecule has 1 aliphatic carbocycles. The van der Waals surface area contributed by atoms with Crippen LogP contribution >= 0.6 is 0 Å². The maximum Gasteiger partial charge on any atom is 0.528 e. The summed E-state index contributed by atoms with van der Waals surface area (Å²) >= 11 is 0. The molecule has 14 heavy (non-hydrogen) atoms. The highest BCUT2D eigenvalue weighted by Crippen LogP contribution is 2.26. The lowest BCUT2D eigenvalue weighted by Gasteiger charge is -2.23. The van der Waals surface area contributed by atoms with Gasteiger partial charge in [0.2, 0.25) is 0 Å². The van der Waals surface area contributed by atoms with Crippen molar-refractivity contribution in [3.63, 3.8) is 0 Å². The van der Waals surface area contributed by atoms with Crippen molar-refractivity contribution in [1.82, 2.24) is 14.8 Å². The summed E-state index contributed by atoms with van der Waals surface area (Å²) in [7, 11) is -1.51. The zero-order chi connectivity index (χ0) is 9.97. The van der Waals surface area contributed by atoms with Crippen LogP contribution in [0.5, 0.6) is 0 Å². The molecule has 0 amide bonds. The lowest BCUT2D eigenvalue weighted by atomic mass is 9.88. The zero-order valence-corrected chi connectivity index (χ0v) is 8.00. The van der Waals surface area contributed by atoms with Crippen LogP contribution in [0, 0.1) is 0 Å². The van der Waals surface area contributed by atoms with E-state index in [9.17, 15) is 0 Å². The van der Waals surface area contributed by atoms with Crippen LogP contribution in [0.15, 0.2) is 6.33 Å². The largest absolute Gasteiger partial charge is 0.528 e. The van der Waals surface area contributed by atoms with Gasteiger partial charge in [-0.2, -0.15) is 0 Å². The van der Waals surface area contributed by atoms with Crippen LogP contribution in [0.2, 0.25) is 0 Å². The third-order valence-electron chi connectivity index (χ3n) is 2.80. The van der Waals surface area contributed by atoms with Crippen LogP contribution in [0.4, 0.5) is 0 Å². The van der Waals surface area contributed by atoms with Crippen LogP contribution in [-0.4, -0.2) is 31.9 Å². The Kier molecular flexibility index (Phi) is 2.83. The predicted octanol–water partition coefficient (Wildman–Crippen LogP) is -0.537. The van der Waals surface area contributed by atoms with E-state index in [2.05, 4.69) is 10.2 Å². The molecule has 0 atom stereocenters. The lowest BCUT2D eigenvalue weighted by Crippen LogP contribution is -2.40. The third-order valence-corrected chi connectivity index (χ3v) is 2.80. The van der Waals surface area contributed by atoms with E-state index in [-0.39, 0.29) is 5.72 Å². The first kappa shape index (κ1) is 9.67. The van der Waals surface area contributed by atoms with Gasteiger partial charge in [-0.3, -0.25) is 0 Å². The summed E-state index contributed by atoms with van der Waals surface area (Å²) in [6.07, 6.45) is 7.42. The van der Waals surface area contributed by atoms with Crippen molar-refractivity contribution in [2.75, 3.05) is 0 Å². The Labute approximate surface area is 82.9 Å². The van der Waals surface area contributed by atoms with Gasteiger partial charge < -0.3 is 14.6 Å². The van der Waals surface area contributed by atoms with Crippen molar-refractivity contribution in [3.05, 3.63) is 6.33 Å². The molecule has 1 aromatic heterocycles. The van der Waals surface area contributed by atoms with Crippen molar-refractivity contribution >= 4 is 12.8 Å². The molecule has 1 heterocycles. The number of aromatic nitrogens is 3. The second kappa shape index (κ2) is 4.10. The van der Waals surface area contributed by atoms with Gasteiger partial charge in [-0.25, -0.2) is 0 Å². The highest BCUT2D eigenvalue weighted by atomic mass is 16.4. The third kappa shape index (κ3) is 1.81. The minimum Gasteiger partial charge on any atom is -0.421 e. The summed E-state index contributed by atoms with van der Waals surface area (Å²) in [5.41, 5.74) is 0.261. The summed E-state index contributed by atoms with van der Waals surface area (Å²) in [6, 6.07) is 0.343. The molecular weight excluding hydrogens is 181 g/mol. The van der Waals surface area contributed by atoms with E-state index in [1.807, 2.05) is 0 Å². The van der Waals surface area contributed by atoms with Gasteiger partial charge in [0.1, 0.15) is 6.33 Å². The fourth-order valence-corrected chi connectivity index (χ4v) is 2.08. The van der Waals surface area contributed by atoms with E-state index in [0.717, 1.165) is 12.8 Å². The van der Waals surface area contributed by atoms with E-state index in [4.69, 9.17) is 10.0 Å². The van der Waals surface area contributed by atoms with Crippen molar-refractivity contribution in [2.24, 2.45) is 0 Å². The normalized spacial score (nSPS) is 18.4. The van der Waals surface area contributed by atoms with E-state index in [1.165, 1.54) is 19.3 Å². The lowest BCUT2D eigenvalue weighted by molar-refractivity contribution is 0.350. The first-order valence-electron chi connectivity index (χ1n) is 5.04. The summed E-state index contributed by atoms with van der Waals surface area (Å²) < 4.78 is 1.80. The topological polar surface area (TPSA) is 71.2 Å². The van der Waals surface area contributed by atoms with Crippen LogP contribution in [0.3, 0.4) is 0 Å². The summed E-state index contributed by atoms with van der Waals surface area (Å²) in [6.45, 7) is 0.